The van der Waals surface area contributed by atoms with Crippen LogP contribution in [0.1, 0.15) is 56.0 Å². The zero-order valence-electron chi connectivity index (χ0n) is 22.0. The first-order valence-corrected chi connectivity index (χ1v) is 12.3. The Labute approximate surface area is 221 Å². The lowest BCUT2D eigenvalue weighted by Gasteiger charge is -2.19. The van der Waals surface area contributed by atoms with Gasteiger partial charge in [0.05, 0.1) is 11.3 Å². The quantitative estimate of drug-likeness (QED) is 0.188. The van der Waals surface area contributed by atoms with Crippen LogP contribution < -0.4 is 16.0 Å². The fraction of sp³-hybridized carbons (Fsp3) is 0.370. The number of carbonyl (C=O) groups is 2. The molecule has 0 aliphatic rings. The summed E-state index contributed by atoms with van der Waals surface area (Å²) >= 11 is 0. The molecular formula is C27H33FN6O4. The summed E-state index contributed by atoms with van der Waals surface area (Å²) in [5, 5.41) is 18.0. The Bertz CT molecular complexity index is 1260. The first-order chi connectivity index (χ1) is 18.0. The third-order valence-corrected chi connectivity index (χ3v) is 5.34. The fourth-order valence-corrected chi connectivity index (χ4v) is 3.44. The van der Waals surface area contributed by atoms with Crippen LogP contribution in [0.3, 0.4) is 0 Å². The van der Waals surface area contributed by atoms with E-state index in [2.05, 4.69) is 30.9 Å². The Hall–Kier alpha value is -4.28. The van der Waals surface area contributed by atoms with Crippen molar-refractivity contribution in [1.82, 2.24) is 20.3 Å². The molecule has 0 spiro atoms. The number of aryl methyl sites for hydroxylation is 1. The van der Waals surface area contributed by atoms with Crippen LogP contribution in [0.4, 0.5) is 26.6 Å². The number of alkyl carbamates (subject to hydrolysis) is 1. The molecule has 3 aromatic rings. The molecule has 1 amide bonds. The fourth-order valence-electron chi connectivity index (χ4n) is 3.44. The standard InChI is InChI=1S/C27H33FN6O4/c1-17-15-32-25(34-23(17)29-12-6-5-7-13-30-26(37)38-27(2,3)4)33-21-14-20(16-31-22(21)28)18-8-10-19(11-9-18)24(35)36/h8-11,14-16H,5-7,12-13H2,1-4H3,(H,30,37)(H,35,36)(H2,29,32,33,34). The van der Waals surface area contributed by atoms with E-state index in [4.69, 9.17) is 9.84 Å². The number of carboxylic acid groups (broad SMARTS) is 1. The molecule has 0 radical (unpaired) electrons. The number of rotatable bonds is 11. The van der Waals surface area contributed by atoms with Crippen molar-refractivity contribution in [1.29, 1.82) is 0 Å². The van der Waals surface area contributed by atoms with Crippen LogP contribution in [0.2, 0.25) is 0 Å². The molecule has 0 saturated heterocycles. The zero-order chi connectivity index (χ0) is 27.7. The second-order valence-corrected chi connectivity index (χ2v) is 9.71. The highest BCUT2D eigenvalue weighted by Crippen LogP contribution is 2.26. The maximum atomic E-state index is 14.4. The number of nitrogens with one attached hydrogen (secondary N) is 3. The number of hydrogen-bond donors (Lipinski definition) is 4. The second-order valence-electron chi connectivity index (χ2n) is 9.71. The lowest BCUT2D eigenvalue weighted by atomic mass is 10.1. The number of anilines is 3. The Morgan fingerprint density at radius 1 is 1.00 bits per heavy atom. The van der Waals surface area contributed by atoms with Gasteiger partial charge in [-0.1, -0.05) is 12.1 Å². The lowest BCUT2D eigenvalue weighted by Crippen LogP contribution is -2.33. The van der Waals surface area contributed by atoms with Crippen molar-refractivity contribution >= 4 is 29.5 Å². The van der Waals surface area contributed by atoms with Gasteiger partial charge in [-0.05, 0) is 70.7 Å². The molecule has 3 rings (SSSR count). The highest BCUT2D eigenvalue weighted by atomic mass is 19.1. The molecule has 1 aromatic carbocycles. The topological polar surface area (TPSA) is 138 Å². The van der Waals surface area contributed by atoms with Crippen molar-refractivity contribution in [3.05, 3.63) is 59.8 Å². The number of aromatic nitrogens is 3. The first kappa shape index (κ1) is 28.3. The average Bonchev–Trinajstić information content (AvgIpc) is 2.85. The van der Waals surface area contributed by atoms with Gasteiger partial charge in [-0.3, -0.25) is 0 Å². The second kappa shape index (κ2) is 12.8. The highest BCUT2D eigenvalue weighted by molar-refractivity contribution is 5.88. The van der Waals surface area contributed by atoms with Gasteiger partial charge in [-0.15, -0.1) is 0 Å². The molecule has 202 valence electrons. The van der Waals surface area contributed by atoms with Crippen LogP contribution in [-0.2, 0) is 4.74 Å². The van der Waals surface area contributed by atoms with Gasteiger partial charge in [0.2, 0.25) is 11.9 Å². The summed E-state index contributed by atoms with van der Waals surface area (Å²) in [6, 6.07) is 7.81. The van der Waals surface area contributed by atoms with E-state index in [1.807, 2.05) is 27.7 Å². The van der Waals surface area contributed by atoms with Gasteiger partial charge >= 0.3 is 12.1 Å². The number of amides is 1. The summed E-state index contributed by atoms with van der Waals surface area (Å²) in [4.78, 5) is 35.3. The summed E-state index contributed by atoms with van der Waals surface area (Å²) < 4.78 is 19.7. The van der Waals surface area contributed by atoms with E-state index in [0.717, 1.165) is 24.8 Å². The molecule has 0 atom stereocenters. The van der Waals surface area contributed by atoms with Crippen molar-refractivity contribution in [3.8, 4) is 11.1 Å². The van der Waals surface area contributed by atoms with Crippen molar-refractivity contribution in [2.45, 2.75) is 52.6 Å². The van der Waals surface area contributed by atoms with E-state index in [0.29, 0.717) is 30.0 Å². The van der Waals surface area contributed by atoms with Crippen molar-refractivity contribution < 1.29 is 23.8 Å². The smallest absolute Gasteiger partial charge is 0.407 e. The van der Waals surface area contributed by atoms with Gasteiger partial charge in [0, 0.05) is 36.6 Å². The summed E-state index contributed by atoms with van der Waals surface area (Å²) in [5.74, 6) is -0.899. The molecule has 10 nitrogen and oxygen atoms in total. The molecule has 0 aliphatic heterocycles. The molecule has 38 heavy (non-hydrogen) atoms. The Morgan fingerprint density at radius 3 is 2.39 bits per heavy atom. The summed E-state index contributed by atoms with van der Waals surface area (Å²) in [5.41, 5.74) is 1.88. The summed E-state index contributed by atoms with van der Waals surface area (Å²) in [7, 11) is 0. The Morgan fingerprint density at radius 2 is 1.71 bits per heavy atom. The van der Waals surface area contributed by atoms with E-state index in [-0.39, 0.29) is 17.2 Å². The third kappa shape index (κ3) is 8.68. The number of carboxylic acids is 1. The molecule has 0 unspecified atom stereocenters. The number of benzene rings is 1. The number of hydrogen-bond acceptors (Lipinski definition) is 8. The number of aromatic carboxylic acids is 1. The van der Waals surface area contributed by atoms with Crippen LogP contribution in [0, 0.1) is 12.9 Å². The number of halogens is 1. The van der Waals surface area contributed by atoms with Crippen molar-refractivity contribution in [2.75, 3.05) is 23.7 Å². The molecule has 0 saturated carbocycles. The van der Waals surface area contributed by atoms with Crippen LogP contribution in [-0.4, -0.2) is 50.8 Å². The maximum absolute atomic E-state index is 14.4. The van der Waals surface area contributed by atoms with Crippen LogP contribution in [0.5, 0.6) is 0 Å². The van der Waals surface area contributed by atoms with Gasteiger partial charge in [0.15, 0.2) is 0 Å². The van der Waals surface area contributed by atoms with Gasteiger partial charge in [0.1, 0.15) is 11.4 Å². The predicted molar refractivity (Wildman–Crippen MR) is 143 cm³/mol. The van der Waals surface area contributed by atoms with E-state index in [1.165, 1.54) is 18.3 Å². The first-order valence-electron chi connectivity index (χ1n) is 12.3. The van der Waals surface area contributed by atoms with E-state index >= 15 is 0 Å². The third-order valence-electron chi connectivity index (χ3n) is 5.34. The van der Waals surface area contributed by atoms with E-state index < -0.39 is 23.6 Å². The van der Waals surface area contributed by atoms with Gasteiger partial charge in [0.25, 0.3) is 0 Å². The molecule has 0 aliphatic carbocycles. The molecular weight excluding hydrogens is 491 g/mol. The van der Waals surface area contributed by atoms with Crippen LogP contribution >= 0.6 is 0 Å². The monoisotopic (exact) mass is 524 g/mol. The molecule has 2 heterocycles. The number of nitrogens with zero attached hydrogens (tertiary/aromatic N) is 3. The number of pyridine rings is 1. The predicted octanol–water partition coefficient (Wildman–Crippen LogP) is 5.53. The highest BCUT2D eigenvalue weighted by Gasteiger charge is 2.15. The SMILES string of the molecule is Cc1cnc(Nc2cc(-c3ccc(C(=O)O)cc3)cnc2F)nc1NCCCCCNC(=O)OC(C)(C)C. The molecule has 4 N–H and O–H groups in total. The Balaban J connectivity index is 1.53. The van der Waals surface area contributed by atoms with Crippen LogP contribution in [0.15, 0.2) is 42.7 Å². The van der Waals surface area contributed by atoms with Crippen molar-refractivity contribution in [3.63, 3.8) is 0 Å². The maximum Gasteiger partial charge on any atom is 0.407 e. The lowest BCUT2D eigenvalue weighted by molar-refractivity contribution is 0.0526. The van der Waals surface area contributed by atoms with E-state index in [9.17, 15) is 14.0 Å². The molecule has 2 aromatic heterocycles. The molecule has 0 bridgehead atoms. The molecule has 0 fully saturated rings. The Kier molecular flexibility index (Phi) is 9.53. The van der Waals surface area contributed by atoms with Crippen molar-refractivity contribution in [2.24, 2.45) is 0 Å². The average molecular weight is 525 g/mol. The zero-order valence-corrected chi connectivity index (χ0v) is 22.0. The van der Waals surface area contributed by atoms with Crippen LogP contribution in [0.25, 0.3) is 11.1 Å². The minimum atomic E-state index is -1.02. The summed E-state index contributed by atoms with van der Waals surface area (Å²) in [6.45, 7) is 8.55. The van der Waals surface area contributed by atoms with Gasteiger partial charge in [-0.25, -0.2) is 19.6 Å². The number of ether oxygens (including phenoxy) is 1. The largest absolute Gasteiger partial charge is 0.478 e. The normalized spacial score (nSPS) is 11.1. The minimum Gasteiger partial charge on any atom is -0.478 e. The number of unbranched alkanes of at least 4 members (excludes halogenated alkanes) is 2. The minimum absolute atomic E-state index is 0.0945. The number of carbonyl (C=O) groups excluding carboxylic acids is 1. The van der Waals surface area contributed by atoms with Gasteiger partial charge < -0.3 is 25.8 Å². The van der Waals surface area contributed by atoms with Gasteiger partial charge in [-0.2, -0.15) is 9.37 Å². The van der Waals surface area contributed by atoms with E-state index in [1.54, 1.807) is 24.4 Å². The molecule has 11 heteroatoms. The summed E-state index contributed by atoms with van der Waals surface area (Å²) in [6.07, 6.45) is 5.18.